The van der Waals surface area contributed by atoms with Crippen LogP contribution in [0.25, 0.3) is 22.7 Å². The molecule has 2 unspecified atom stereocenters. The predicted molar refractivity (Wildman–Crippen MR) is 290 cm³/mol. The summed E-state index contributed by atoms with van der Waals surface area (Å²) in [6.45, 7) is 31.5. The van der Waals surface area contributed by atoms with Crippen molar-refractivity contribution in [2.45, 2.75) is 109 Å². The molecule has 2 aromatic heterocycles. The van der Waals surface area contributed by atoms with Gasteiger partial charge < -0.3 is 14.2 Å². The molecule has 8 rings (SSSR count). The average molecular weight is 945 g/mol. The molecule has 71 heavy (non-hydrogen) atoms. The number of rotatable bonds is 16. The fourth-order valence-electron chi connectivity index (χ4n) is 11.1. The van der Waals surface area contributed by atoms with E-state index >= 15 is 0 Å². The quantitative estimate of drug-likeness (QED) is 0.0716. The highest BCUT2D eigenvalue weighted by Gasteiger charge is 2.34. The number of nitrogens with zero attached hydrogens (tertiary/aromatic N) is 4. The SMILES string of the molecule is CCO/C=C\C(c1ccc(Oc2ccc(C(/C=C\OCC)c3n(-c4c(C)cc(C)cc4C)cc[n+]3-c3c(C)cc(C)cc3C)cc2)cc1)c1n(-c2c(C)cc(C)cc2C)cc[n+]1-c1c(C)cc(C)cc1C. The van der Waals surface area contributed by atoms with Crippen molar-refractivity contribution in [3.8, 4) is 34.2 Å². The first-order valence-electron chi connectivity index (χ1n) is 25.1. The van der Waals surface area contributed by atoms with Gasteiger partial charge in [0.15, 0.2) is 0 Å². The van der Waals surface area contributed by atoms with Gasteiger partial charge in [-0.1, -0.05) is 95.1 Å². The van der Waals surface area contributed by atoms with Gasteiger partial charge in [0, 0.05) is 0 Å². The van der Waals surface area contributed by atoms with Gasteiger partial charge in [-0.25, -0.2) is 0 Å². The van der Waals surface area contributed by atoms with Crippen molar-refractivity contribution in [2.24, 2.45) is 0 Å². The van der Waals surface area contributed by atoms with Crippen LogP contribution in [0, 0.1) is 83.1 Å². The fourth-order valence-corrected chi connectivity index (χ4v) is 11.1. The maximum absolute atomic E-state index is 6.66. The molecule has 7 nitrogen and oxygen atoms in total. The first-order chi connectivity index (χ1) is 34.1. The standard InChI is InChI=1S/C64H72N4O3/c1-15-69-31-25-57(63-65(59-45(7)33-41(3)34-46(59)8)27-28-66(63)60-47(9)35-42(4)36-48(60)10)53-17-21-55(22-18-53)71-56-23-19-54(20-24-56)58(26-32-70-16-2)64-67(61-49(11)37-43(5)38-50(61)12)29-30-68(64)62-51(13)39-44(6)40-52(62)14/h17-40,57-58H,15-16H2,1-14H3/q+2/b31-25-,32-26-. The molecule has 0 bridgehead atoms. The molecule has 0 N–H and O–H groups in total. The van der Waals surface area contributed by atoms with Crippen LogP contribution in [0.1, 0.15) is 115 Å². The third-order valence-corrected chi connectivity index (χ3v) is 13.6. The first kappa shape index (κ1) is 50.0. The van der Waals surface area contributed by atoms with E-state index in [1.807, 2.05) is 26.4 Å². The second kappa shape index (κ2) is 21.3. The molecule has 0 fully saturated rings. The minimum Gasteiger partial charge on any atom is -0.502 e. The fraction of sp³-hybridized carbons (Fsp3) is 0.281. The van der Waals surface area contributed by atoms with Crippen LogP contribution in [-0.2, 0) is 9.47 Å². The molecule has 0 radical (unpaired) electrons. The van der Waals surface area contributed by atoms with Crippen molar-refractivity contribution in [3.63, 3.8) is 0 Å². The third kappa shape index (κ3) is 10.4. The molecular weight excluding hydrogens is 873 g/mol. The van der Waals surface area contributed by atoms with Crippen LogP contribution in [0.15, 0.2) is 147 Å². The lowest BCUT2D eigenvalue weighted by atomic mass is 9.96. The van der Waals surface area contributed by atoms with E-state index in [-0.39, 0.29) is 11.8 Å². The predicted octanol–water partition coefficient (Wildman–Crippen LogP) is 14.7. The molecule has 0 aliphatic heterocycles. The van der Waals surface area contributed by atoms with Gasteiger partial charge in [0.1, 0.15) is 70.9 Å². The Hall–Kier alpha value is -7.38. The van der Waals surface area contributed by atoms with Crippen LogP contribution in [0.5, 0.6) is 11.5 Å². The van der Waals surface area contributed by atoms with Crippen LogP contribution in [0.4, 0.5) is 0 Å². The summed E-state index contributed by atoms with van der Waals surface area (Å²) in [7, 11) is 0. The van der Waals surface area contributed by atoms with E-state index < -0.39 is 0 Å². The van der Waals surface area contributed by atoms with E-state index in [1.54, 1.807) is 0 Å². The zero-order chi connectivity index (χ0) is 50.7. The summed E-state index contributed by atoms with van der Waals surface area (Å²) < 4.78 is 28.0. The van der Waals surface area contributed by atoms with Gasteiger partial charge in [0.25, 0.3) is 11.6 Å². The third-order valence-electron chi connectivity index (χ3n) is 13.6. The van der Waals surface area contributed by atoms with Crippen molar-refractivity contribution in [2.75, 3.05) is 13.2 Å². The van der Waals surface area contributed by atoms with Gasteiger partial charge in [-0.2, -0.15) is 18.3 Å². The van der Waals surface area contributed by atoms with Gasteiger partial charge in [-0.3, -0.25) is 0 Å². The minimum absolute atomic E-state index is 0.173. The lowest BCUT2D eigenvalue weighted by Crippen LogP contribution is -2.38. The molecule has 0 aliphatic rings. The number of hydrogen-bond donors (Lipinski definition) is 0. The monoisotopic (exact) mass is 945 g/mol. The summed E-state index contributed by atoms with van der Waals surface area (Å²) in [6.07, 6.45) is 16.9. The van der Waals surface area contributed by atoms with E-state index in [0.29, 0.717) is 13.2 Å². The minimum atomic E-state index is -0.173. The smallest absolute Gasteiger partial charge is 0.278 e. The summed E-state index contributed by atoms with van der Waals surface area (Å²) in [5, 5.41) is 0. The maximum Gasteiger partial charge on any atom is 0.278 e. The van der Waals surface area contributed by atoms with Crippen LogP contribution in [-0.4, -0.2) is 22.3 Å². The molecule has 2 heterocycles. The van der Waals surface area contributed by atoms with Crippen molar-refractivity contribution in [3.05, 3.63) is 236 Å². The number of aromatic nitrogens is 4. The van der Waals surface area contributed by atoms with E-state index in [4.69, 9.17) is 14.2 Å². The van der Waals surface area contributed by atoms with Crippen molar-refractivity contribution < 1.29 is 23.3 Å². The second-order valence-electron chi connectivity index (χ2n) is 19.5. The molecule has 0 aliphatic carbocycles. The van der Waals surface area contributed by atoms with Gasteiger partial charge in [0.05, 0.1) is 25.7 Å². The van der Waals surface area contributed by atoms with E-state index in [2.05, 4.69) is 235 Å². The zero-order valence-corrected chi connectivity index (χ0v) is 44.4. The summed E-state index contributed by atoms with van der Waals surface area (Å²) >= 11 is 0. The van der Waals surface area contributed by atoms with Crippen LogP contribution in [0.3, 0.4) is 0 Å². The average Bonchev–Trinajstić information content (AvgIpc) is 3.90. The van der Waals surface area contributed by atoms with Crippen molar-refractivity contribution >= 4 is 0 Å². The van der Waals surface area contributed by atoms with Gasteiger partial charge in [0.2, 0.25) is 0 Å². The summed E-state index contributed by atoms with van der Waals surface area (Å²) in [5.74, 6) is 3.37. The number of allylic oxidation sites excluding steroid dienone is 2. The zero-order valence-electron chi connectivity index (χ0n) is 44.4. The second-order valence-corrected chi connectivity index (χ2v) is 19.5. The molecule has 0 saturated carbocycles. The Bertz CT molecular complexity index is 2810. The highest BCUT2D eigenvalue weighted by atomic mass is 16.5. The Morgan fingerprint density at radius 3 is 1.01 bits per heavy atom. The molecule has 364 valence electrons. The van der Waals surface area contributed by atoms with Crippen LogP contribution in [0.2, 0.25) is 0 Å². The number of ether oxygens (including phenoxy) is 3. The summed E-state index contributed by atoms with van der Waals surface area (Å²) in [5.41, 5.74) is 21.8. The van der Waals surface area contributed by atoms with Gasteiger partial charge in [-0.15, -0.1) is 0 Å². The Labute approximate surface area is 423 Å². The van der Waals surface area contributed by atoms with Gasteiger partial charge in [-0.05, 0) is 189 Å². The van der Waals surface area contributed by atoms with Crippen LogP contribution < -0.4 is 13.9 Å². The summed E-state index contributed by atoms with van der Waals surface area (Å²) in [6, 6.07) is 35.2. The summed E-state index contributed by atoms with van der Waals surface area (Å²) in [4.78, 5) is 0. The van der Waals surface area contributed by atoms with Crippen molar-refractivity contribution in [1.82, 2.24) is 9.13 Å². The Kier molecular flexibility index (Phi) is 15.0. The van der Waals surface area contributed by atoms with E-state index in [0.717, 1.165) is 34.3 Å². The number of hydrogen-bond acceptors (Lipinski definition) is 3. The molecular formula is C64H72N4O3+2. The molecule has 8 aromatic rings. The molecule has 7 heteroatoms. The van der Waals surface area contributed by atoms with E-state index in [9.17, 15) is 0 Å². The Morgan fingerprint density at radius 2 is 0.718 bits per heavy atom. The molecule has 6 aromatic carbocycles. The number of aryl methyl sites for hydroxylation is 12. The Balaban J connectivity index is 1.19. The van der Waals surface area contributed by atoms with Gasteiger partial charge >= 0.3 is 0 Å². The highest BCUT2D eigenvalue weighted by molar-refractivity contribution is 5.54. The molecule has 2 atom stereocenters. The Morgan fingerprint density at radius 1 is 0.423 bits per heavy atom. The molecule has 0 amide bonds. The molecule has 0 saturated heterocycles. The largest absolute Gasteiger partial charge is 0.502 e. The van der Waals surface area contributed by atoms with E-state index in [1.165, 1.54) is 89.5 Å². The topological polar surface area (TPSA) is 45.3 Å². The number of benzene rings is 6. The first-order valence-corrected chi connectivity index (χ1v) is 25.1. The number of imidazole rings is 2. The maximum atomic E-state index is 6.66. The molecule has 0 spiro atoms. The normalized spacial score (nSPS) is 12.5. The lowest BCUT2D eigenvalue weighted by molar-refractivity contribution is -0.605. The van der Waals surface area contributed by atoms with Crippen LogP contribution >= 0.6 is 0 Å². The van der Waals surface area contributed by atoms with Crippen molar-refractivity contribution in [1.29, 1.82) is 0 Å². The highest BCUT2D eigenvalue weighted by Crippen LogP contribution is 2.36. The lowest BCUT2D eigenvalue weighted by Gasteiger charge is -2.18.